The van der Waals surface area contributed by atoms with Crippen LogP contribution in [0.4, 0.5) is 0 Å². The van der Waals surface area contributed by atoms with Crippen molar-refractivity contribution in [3.63, 3.8) is 0 Å². The number of rotatable bonds is 7. The molecule has 0 aliphatic heterocycles. The van der Waals surface area contributed by atoms with Gasteiger partial charge in [0.05, 0.1) is 16.6 Å². The Morgan fingerprint density at radius 3 is 2.47 bits per heavy atom. The van der Waals surface area contributed by atoms with E-state index >= 15 is 0 Å². The number of hydrogen-bond donors (Lipinski definition) is 0. The molecule has 0 amide bonds. The summed E-state index contributed by atoms with van der Waals surface area (Å²) in [5.41, 5.74) is 0. The van der Waals surface area contributed by atoms with Gasteiger partial charge in [-0.05, 0) is 32.0 Å². The van der Waals surface area contributed by atoms with Crippen molar-refractivity contribution in [1.29, 1.82) is 0 Å². The summed E-state index contributed by atoms with van der Waals surface area (Å²) in [5, 5.41) is 0. The highest BCUT2D eigenvalue weighted by molar-refractivity contribution is 9.10. The molecule has 0 radical (unpaired) electrons. The van der Waals surface area contributed by atoms with Gasteiger partial charge in [0.2, 0.25) is 0 Å². The fourth-order valence-corrected chi connectivity index (χ4v) is 3.02. The molecule has 0 N–H and O–H groups in total. The topological polar surface area (TPSA) is 35.5 Å². The van der Waals surface area contributed by atoms with Crippen LogP contribution in [-0.4, -0.2) is 29.5 Å². The van der Waals surface area contributed by atoms with Crippen LogP contribution in [0.25, 0.3) is 0 Å². The van der Waals surface area contributed by atoms with E-state index in [-0.39, 0.29) is 0 Å². The molecular formula is C12H17BrO3S. The standard InChI is InChI=1S/C12H17BrO3S/c1-3-15-12(16-4-2)9-17(14)11-7-5-6-10(13)8-11/h5-8,12H,3-4,9H2,1-2H3. The Kier molecular flexibility index (Phi) is 6.96. The predicted octanol–water partition coefficient (Wildman–Crippen LogP) is 2.96. The molecule has 96 valence electrons. The van der Waals surface area contributed by atoms with Gasteiger partial charge >= 0.3 is 0 Å². The minimum Gasteiger partial charge on any atom is -0.352 e. The summed E-state index contributed by atoms with van der Waals surface area (Å²) in [6.07, 6.45) is -0.398. The van der Waals surface area contributed by atoms with Crippen LogP contribution in [0.5, 0.6) is 0 Å². The van der Waals surface area contributed by atoms with E-state index in [2.05, 4.69) is 15.9 Å². The second kappa shape index (κ2) is 7.97. The lowest BCUT2D eigenvalue weighted by molar-refractivity contribution is -0.120. The van der Waals surface area contributed by atoms with Gasteiger partial charge in [-0.15, -0.1) is 0 Å². The fraction of sp³-hybridized carbons (Fsp3) is 0.500. The zero-order valence-corrected chi connectivity index (χ0v) is 12.4. The van der Waals surface area contributed by atoms with E-state index in [4.69, 9.17) is 9.47 Å². The van der Waals surface area contributed by atoms with Crippen LogP contribution < -0.4 is 0 Å². The number of halogens is 1. The van der Waals surface area contributed by atoms with Gasteiger partial charge in [-0.1, -0.05) is 22.0 Å². The van der Waals surface area contributed by atoms with E-state index in [9.17, 15) is 4.21 Å². The van der Waals surface area contributed by atoms with Gasteiger partial charge in [-0.3, -0.25) is 4.21 Å². The first-order chi connectivity index (χ1) is 8.17. The van der Waals surface area contributed by atoms with Gasteiger partial charge < -0.3 is 9.47 Å². The molecule has 5 heteroatoms. The van der Waals surface area contributed by atoms with Crippen LogP contribution in [0.15, 0.2) is 33.6 Å². The normalized spacial score (nSPS) is 12.9. The maximum atomic E-state index is 12.1. The Bertz CT molecular complexity index is 365. The largest absolute Gasteiger partial charge is 0.352 e. The molecule has 3 nitrogen and oxygen atoms in total. The lowest BCUT2D eigenvalue weighted by Gasteiger charge is -2.16. The lowest BCUT2D eigenvalue weighted by Crippen LogP contribution is -2.24. The van der Waals surface area contributed by atoms with E-state index in [1.165, 1.54) is 0 Å². The molecule has 0 saturated carbocycles. The minimum atomic E-state index is -1.11. The van der Waals surface area contributed by atoms with Crippen molar-refractivity contribution >= 4 is 26.7 Å². The minimum absolute atomic E-state index is 0.359. The molecule has 0 saturated heterocycles. The van der Waals surface area contributed by atoms with E-state index in [1.54, 1.807) is 0 Å². The second-order valence-electron chi connectivity index (χ2n) is 3.31. The first-order valence-electron chi connectivity index (χ1n) is 5.54. The smallest absolute Gasteiger partial charge is 0.169 e. The van der Waals surface area contributed by atoms with Crippen molar-refractivity contribution in [2.45, 2.75) is 25.0 Å². The first-order valence-corrected chi connectivity index (χ1v) is 7.65. The van der Waals surface area contributed by atoms with Crippen LogP contribution in [0.3, 0.4) is 0 Å². The summed E-state index contributed by atoms with van der Waals surface area (Å²) >= 11 is 3.36. The monoisotopic (exact) mass is 320 g/mol. The van der Waals surface area contributed by atoms with Crippen LogP contribution in [0, 0.1) is 0 Å². The summed E-state index contributed by atoms with van der Waals surface area (Å²) in [5.74, 6) is 0.359. The average Bonchev–Trinajstić information content (AvgIpc) is 2.29. The zero-order valence-electron chi connectivity index (χ0n) is 10.0. The van der Waals surface area contributed by atoms with E-state index in [0.717, 1.165) is 9.37 Å². The Balaban J connectivity index is 2.63. The molecule has 0 aliphatic rings. The predicted molar refractivity (Wildman–Crippen MR) is 72.5 cm³/mol. The molecule has 0 aliphatic carbocycles. The molecule has 1 aromatic carbocycles. The fourth-order valence-electron chi connectivity index (χ4n) is 1.34. The summed E-state index contributed by atoms with van der Waals surface area (Å²) in [6.45, 7) is 4.91. The van der Waals surface area contributed by atoms with Crippen LogP contribution in [-0.2, 0) is 20.3 Å². The highest BCUT2D eigenvalue weighted by Crippen LogP contribution is 2.16. The number of hydrogen-bond acceptors (Lipinski definition) is 3. The number of ether oxygens (including phenoxy) is 2. The summed E-state index contributed by atoms with van der Waals surface area (Å²) in [7, 11) is -1.11. The SMILES string of the molecule is CCOC(CS(=O)c1cccc(Br)c1)OCC. The molecule has 0 bridgehead atoms. The average molecular weight is 321 g/mol. The van der Waals surface area contributed by atoms with Crippen molar-refractivity contribution in [3.8, 4) is 0 Å². The Morgan fingerprint density at radius 1 is 1.29 bits per heavy atom. The Morgan fingerprint density at radius 2 is 1.94 bits per heavy atom. The van der Waals surface area contributed by atoms with Crippen molar-refractivity contribution in [3.05, 3.63) is 28.7 Å². The molecule has 0 fully saturated rings. The van der Waals surface area contributed by atoms with E-state index < -0.39 is 17.1 Å². The number of benzene rings is 1. The summed E-state index contributed by atoms with van der Waals surface area (Å²) < 4.78 is 23.8. The summed E-state index contributed by atoms with van der Waals surface area (Å²) in [4.78, 5) is 0.781. The van der Waals surface area contributed by atoms with E-state index in [0.29, 0.717) is 19.0 Å². The molecule has 1 unspecified atom stereocenters. The quantitative estimate of drug-likeness (QED) is 0.724. The third-order valence-corrected chi connectivity index (χ3v) is 3.90. The summed E-state index contributed by atoms with van der Waals surface area (Å²) in [6, 6.07) is 7.47. The van der Waals surface area contributed by atoms with E-state index in [1.807, 2.05) is 38.1 Å². The van der Waals surface area contributed by atoms with Gasteiger partial charge in [-0.2, -0.15) is 0 Å². The molecule has 17 heavy (non-hydrogen) atoms. The Hall–Kier alpha value is -0.230. The zero-order chi connectivity index (χ0) is 12.7. The van der Waals surface area contributed by atoms with Crippen LogP contribution in [0.1, 0.15) is 13.8 Å². The molecular weight excluding hydrogens is 304 g/mol. The molecule has 1 atom stereocenters. The van der Waals surface area contributed by atoms with Crippen molar-refractivity contribution < 1.29 is 13.7 Å². The maximum Gasteiger partial charge on any atom is 0.169 e. The van der Waals surface area contributed by atoms with Crippen LogP contribution >= 0.6 is 15.9 Å². The molecule has 0 aromatic heterocycles. The third-order valence-electron chi connectivity index (χ3n) is 2.05. The van der Waals surface area contributed by atoms with Gasteiger partial charge in [0.15, 0.2) is 6.29 Å². The maximum absolute atomic E-state index is 12.1. The Labute approximate surface area is 113 Å². The molecule has 0 heterocycles. The molecule has 1 aromatic rings. The van der Waals surface area contributed by atoms with Crippen molar-refractivity contribution in [1.82, 2.24) is 0 Å². The van der Waals surface area contributed by atoms with Crippen molar-refractivity contribution in [2.24, 2.45) is 0 Å². The molecule has 1 rings (SSSR count). The lowest BCUT2D eigenvalue weighted by atomic mass is 10.4. The van der Waals surface area contributed by atoms with Gasteiger partial charge in [0, 0.05) is 22.6 Å². The van der Waals surface area contributed by atoms with Gasteiger partial charge in [0.25, 0.3) is 0 Å². The highest BCUT2D eigenvalue weighted by Gasteiger charge is 2.14. The van der Waals surface area contributed by atoms with Gasteiger partial charge in [-0.25, -0.2) is 0 Å². The van der Waals surface area contributed by atoms with Crippen molar-refractivity contribution in [2.75, 3.05) is 19.0 Å². The van der Waals surface area contributed by atoms with Gasteiger partial charge in [0.1, 0.15) is 0 Å². The molecule has 0 spiro atoms. The first kappa shape index (κ1) is 14.8. The second-order valence-corrected chi connectivity index (χ2v) is 5.72. The third kappa shape index (κ3) is 5.29. The highest BCUT2D eigenvalue weighted by atomic mass is 79.9. The van der Waals surface area contributed by atoms with Crippen LogP contribution in [0.2, 0.25) is 0 Å².